The highest BCUT2D eigenvalue weighted by Crippen LogP contribution is 2.11. The fourth-order valence-electron chi connectivity index (χ4n) is 1.71. The lowest BCUT2D eigenvalue weighted by molar-refractivity contribution is 0.0942. The van der Waals surface area contributed by atoms with E-state index in [4.69, 9.17) is 10.5 Å². The number of carbonyl (C=O) groups is 1. The maximum atomic E-state index is 11.9. The van der Waals surface area contributed by atoms with Crippen molar-refractivity contribution < 1.29 is 9.53 Å². The van der Waals surface area contributed by atoms with Gasteiger partial charge in [0, 0.05) is 11.8 Å². The molecular weight excluding hydrogens is 322 g/mol. The van der Waals surface area contributed by atoms with E-state index < -0.39 is 0 Å². The molecule has 0 spiro atoms. The molecule has 0 saturated carbocycles. The third kappa shape index (κ3) is 5.63. The van der Waals surface area contributed by atoms with Crippen LogP contribution in [0.25, 0.3) is 0 Å². The first kappa shape index (κ1) is 18.4. The minimum Gasteiger partial charge on any atom is -0.492 e. The summed E-state index contributed by atoms with van der Waals surface area (Å²) in [5, 5.41) is 5.42. The number of aromatic nitrogens is 1. The van der Waals surface area contributed by atoms with Crippen molar-refractivity contribution in [2.24, 2.45) is 5.73 Å². The number of benzene rings is 1. The van der Waals surface area contributed by atoms with E-state index in [2.05, 4.69) is 10.3 Å². The Kier molecular flexibility index (Phi) is 7.87. The minimum atomic E-state index is -0.179. The van der Waals surface area contributed by atoms with E-state index in [1.165, 1.54) is 16.9 Å². The molecule has 0 aliphatic carbocycles. The van der Waals surface area contributed by atoms with Crippen LogP contribution in [0.2, 0.25) is 0 Å². The van der Waals surface area contributed by atoms with Crippen molar-refractivity contribution in [1.82, 2.24) is 10.3 Å². The zero-order chi connectivity index (χ0) is 15.1. The van der Waals surface area contributed by atoms with Gasteiger partial charge in [-0.25, -0.2) is 4.98 Å². The summed E-state index contributed by atoms with van der Waals surface area (Å²) >= 11 is 1.46. The Bertz CT molecular complexity index is 587. The highest BCUT2D eigenvalue weighted by molar-refractivity contribution is 7.09. The summed E-state index contributed by atoms with van der Waals surface area (Å²) < 4.78 is 5.54. The van der Waals surface area contributed by atoms with Gasteiger partial charge in [-0.05, 0) is 25.6 Å². The number of carbonyl (C=O) groups excluding carboxylic acids is 1. The van der Waals surface area contributed by atoms with Crippen LogP contribution < -0.4 is 15.8 Å². The molecule has 120 valence electrons. The summed E-state index contributed by atoms with van der Waals surface area (Å²) in [6.07, 6.45) is 0.703. The summed E-state index contributed by atoms with van der Waals surface area (Å²) in [6, 6.07) is 7.80. The van der Waals surface area contributed by atoms with Gasteiger partial charge in [0.25, 0.3) is 5.91 Å². The van der Waals surface area contributed by atoms with Crippen molar-refractivity contribution in [2.75, 3.05) is 19.7 Å². The van der Waals surface area contributed by atoms with Crippen LogP contribution in [-0.2, 0) is 6.42 Å². The van der Waals surface area contributed by atoms with Crippen LogP contribution in [0.15, 0.2) is 29.6 Å². The van der Waals surface area contributed by atoms with Crippen LogP contribution in [0.5, 0.6) is 5.75 Å². The number of nitrogens with zero attached hydrogens (tertiary/aromatic N) is 1. The molecule has 5 nitrogen and oxygen atoms in total. The molecule has 1 aromatic carbocycles. The van der Waals surface area contributed by atoms with Crippen molar-refractivity contribution in [3.8, 4) is 5.75 Å². The number of amides is 1. The second kappa shape index (κ2) is 9.40. The topological polar surface area (TPSA) is 77.2 Å². The number of nitrogens with two attached hydrogens (primary N) is 1. The molecule has 7 heteroatoms. The Morgan fingerprint density at radius 1 is 1.36 bits per heavy atom. The maximum Gasteiger partial charge on any atom is 0.270 e. The molecule has 2 aromatic rings. The molecule has 22 heavy (non-hydrogen) atoms. The Morgan fingerprint density at radius 2 is 2.09 bits per heavy atom. The Balaban J connectivity index is 0.00000242. The number of aryl methyl sites for hydroxylation is 1. The first-order valence-electron chi connectivity index (χ1n) is 6.81. The van der Waals surface area contributed by atoms with Crippen molar-refractivity contribution in [3.05, 3.63) is 45.9 Å². The van der Waals surface area contributed by atoms with Gasteiger partial charge >= 0.3 is 0 Å². The van der Waals surface area contributed by atoms with E-state index in [1.54, 1.807) is 5.38 Å². The SMILES string of the molecule is Cc1ccc(OCCNC(=O)c2csc(CCN)n2)cc1.Cl. The average Bonchev–Trinajstić information content (AvgIpc) is 2.94. The summed E-state index contributed by atoms with van der Waals surface area (Å²) in [7, 11) is 0. The number of hydrogen-bond donors (Lipinski definition) is 2. The Labute approximate surface area is 140 Å². The largest absolute Gasteiger partial charge is 0.492 e. The summed E-state index contributed by atoms with van der Waals surface area (Å²) in [4.78, 5) is 16.1. The second-order valence-electron chi connectivity index (χ2n) is 4.58. The molecule has 1 amide bonds. The number of rotatable bonds is 7. The van der Waals surface area contributed by atoms with Crippen molar-refractivity contribution in [3.63, 3.8) is 0 Å². The van der Waals surface area contributed by atoms with Gasteiger partial charge < -0.3 is 15.8 Å². The lowest BCUT2D eigenvalue weighted by Gasteiger charge is -2.07. The molecule has 3 N–H and O–H groups in total. The number of halogens is 1. The van der Waals surface area contributed by atoms with Gasteiger partial charge in [0.1, 0.15) is 18.1 Å². The lowest BCUT2D eigenvalue weighted by Crippen LogP contribution is -2.28. The second-order valence-corrected chi connectivity index (χ2v) is 5.53. The molecule has 0 aliphatic rings. The highest BCUT2D eigenvalue weighted by atomic mass is 35.5. The molecular formula is C15H20ClN3O2S. The molecule has 0 saturated heterocycles. The summed E-state index contributed by atoms with van der Waals surface area (Å²) in [6.45, 7) is 3.43. The first-order chi connectivity index (χ1) is 10.2. The van der Waals surface area contributed by atoms with Gasteiger partial charge in [-0.2, -0.15) is 0 Å². The van der Waals surface area contributed by atoms with Gasteiger partial charge in [0.05, 0.1) is 11.6 Å². The van der Waals surface area contributed by atoms with Crippen LogP contribution in [0.1, 0.15) is 21.1 Å². The molecule has 0 radical (unpaired) electrons. The smallest absolute Gasteiger partial charge is 0.270 e. The summed E-state index contributed by atoms with van der Waals surface area (Å²) in [5.74, 6) is 0.621. The van der Waals surface area contributed by atoms with Crippen LogP contribution in [0, 0.1) is 6.92 Å². The Hall–Kier alpha value is -1.63. The first-order valence-corrected chi connectivity index (χ1v) is 7.69. The quantitative estimate of drug-likeness (QED) is 0.757. The minimum absolute atomic E-state index is 0. The maximum absolute atomic E-state index is 11.9. The number of hydrogen-bond acceptors (Lipinski definition) is 5. The fourth-order valence-corrected chi connectivity index (χ4v) is 2.51. The van der Waals surface area contributed by atoms with Crippen molar-refractivity contribution in [1.29, 1.82) is 0 Å². The van der Waals surface area contributed by atoms with Gasteiger partial charge in [-0.3, -0.25) is 4.79 Å². The third-order valence-electron chi connectivity index (χ3n) is 2.82. The van der Waals surface area contributed by atoms with E-state index >= 15 is 0 Å². The van der Waals surface area contributed by atoms with Crippen molar-refractivity contribution >= 4 is 29.7 Å². The number of ether oxygens (including phenoxy) is 1. The third-order valence-corrected chi connectivity index (χ3v) is 3.73. The molecule has 0 atom stereocenters. The molecule has 1 aromatic heterocycles. The highest BCUT2D eigenvalue weighted by Gasteiger charge is 2.09. The lowest BCUT2D eigenvalue weighted by atomic mass is 10.2. The van der Waals surface area contributed by atoms with Crippen LogP contribution in [0.3, 0.4) is 0 Å². The normalized spacial score (nSPS) is 9.91. The van der Waals surface area contributed by atoms with Crippen LogP contribution in [0.4, 0.5) is 0 Å². The van der Waals surface area contributed by atoms with E-state index in [0.29, 0.717) is 31.8 Å². The van der Waals surface area contributed by atoms with Gasteiger partial charge in [-0.15, -0.1) is 23.7 Å². The zero-order valence-corrected chi connectivity index (χ0v) is 14.0. The molecule has 0 fully saturated rings. The summed E-state index contributed by atoms with van der Waals surface area (Å²) in [5.41, 5.74) is 7.09. The van der Waals surface area contributed by atoms with Crippen LogP contribution in [-0.4, -0.2) is 30.6 Å². The standard InChI is InChI=1S/C15H19N3O2S.ClH/c1-11-2-4-12(5-3-11)20-9-8-17-15(19)13-10-21-14(18-13)6-7-16;/h2-5,10H,6-9,16H2,1H3,(H,17,19);1H. The molecule has 0 bridgehead atoms. The van der Waals surface area contributed by atoms with E-state index in [-0.39, 0.29) is 18.3 Å². The predicted octanol–water partition coefficient (Wildman–Crippen LogP) is 2.18. The molecule has 0 unspecified atom stereocenters. The average molecular weight is 342 g/mol. The number of thiazole rings is 1. The van der Waals surface area contributed by atoms with E-state index in [9.17, 15) is 4.79 Å². The van der Waals surface area contributed by atoms with Gasteiger partial charge in [0.15, 0.2) is 0 Å². The van der Waals surface area contributed by atoms with Crippen molar-refractivity contribution in [2.45, 2.75) is 13.3 Å². The molecule has 2 rings (SSSR count). The van der Waals surface area contributed by atoms with Gasteiger partial charge in [0.2, 0.25) is 0 Å². The van der Waals surface area contributed by atoms with E-state index in [1.807, 2.05) is 31.2 Å². The van der Waals surface area contributed by atoms with E-state index in [0.717, 1.165) is 10.8 Å². The van der Waals surface area contributed by atoms with Crippen LogP contribution >= 0.6 is 23.7 Å². The molecule has 0 aliphatic heterocycles. The fraction of sp³-hybridized carbons (Fsp3) is 0.333. The predicted molar refractivity (Wildman–Crippen MR) is 91.1 cm³/mol. The van der Waals surface area contributed by atoms with Gasteiger partial charge in [-0.1, -0.05) is 17.7 Å². The monoisotopic (exact) mass is 341 g/mol. The molecule has 1 heterocycles. The zero-order valence-electron chi connectivity index (χ0n) is 12.4. The Morgan fingerprint density at radius 3 is 2.77 bits per heavy atom. The number of nitrogens with one attached hydrogen (secondary N) is 1.